The molecule has 0 aliphatic carbocycles. The highest BCUT2D eigenvalue weighted by molar-refractivity contribution is 5.85. The highest BCUT2D eigenvalue weighted by atomic mass is 16.5. The van der Waals surface area contributed by atoms with Gasteiger partial charge in [-0.25, -0.2) is 14.6 Å². The predicted molar refractivity (Wildman–Crippen MR) is 88.1 cm³/mol. The van der Waals surface area contributed by atoms with Crippen LogP contribution in [0.4, 0.5) is 5.82 Å². The lowest BCUT2D eigenvalue weighted by Gasteiger charge is -2.09. The average molecular weight is 329 g/mol. The molecule has 1 unspecified atom stereocenters. The maximum Gasteiger partial charge on any atom is 0.165 e. The van der Waals surface area contributed by atoms with E-state index < -0.39 is 6.10 Å². The molecule has 0 fully saturated rings. The Hall–Kier alpha value is -2.55. The van der Waals surface area contributed by atoms with Crippen LogP contribution < -0.4 is 5.32 Å². The van der Waals surface area contributed by atoms with E-state index in [1.807, 2.05) is 30.3 Å². The molecular formula is C16H19N5O3. The van der Waals surface area contributed by atoms with E-state index in [9.17, 15) is 5.11 Å². The molecule has 0 spiro atoms. The van der Waals surface area contributed by atoms with Crippen molar-refractivity contribution in [3.8, 4) is 0 Å². The second-order valence-electron chi connectivity index (χ2n) is 5.28. The summed E-state index contributed by atoms with van der Waals surface area (Å²) < 4.78 is 6.90. The summed E-state index contributed by atoms with van der Waals surface area (Å²) in [7, 11) is 0. The lowest BCUT2D eigenvalue weighted by molar-refractivity contribution is -0.0194. The first kappa shape index (κ1) is 16.3. The van der Waals surface area contributed by atoms with Gasteiger partial charge in [0.1, 0.15) is 25.0 Å². The number of ether oxygens (including phenoxy) is 1. The van der Waals surface area contributed by atoms with Gasteiger partial charge >= 0.3 is 0 Å². The molecule has 3 aromatic rings. The molecule has 2 heterocycles. The fraction of sp³-hybridized carbons (Fsp3) is 0.312. The van der Waals surface area contributed by atoms with Crippen molar-refractivity contribution in [3.63, 3.8) is 0 Å². The van der Waals surface area contributed by atoms with Gasteiger partial charge in [0.2, 0.25) is 0 Å². The quantitative estimate of drug-likeness (QED) is 0.560. The Morgan fingerprint density at radius 2 is 2.04 bits per heavy atom. The van der Waals surface area contributed by atoms with E-state index in [1.54, 1.807) is 10.9 Å². The van der Waals surface area contributed by atoms with Crippen LogP contribution in [0.2, 0.25) is 0 Å². The number of nitrogens with one attached hydrogen (secondary N) is 1. The van der Waals surface area contributed by atoms with Crippen LogP contribution in [0.15, 0.2) is 42.9 Å². The Balaban J connectivity index is 1.69. The zero-order valence-corrected chi connectivity index (χ0v) is 13.0. The minimum absolute atomic E-state index is 0.0298. The minimum atomic E-state index is -0.899. The third-order valence-electron chi connectivity index (χ3n) is 3.47. The minimum Gasteiger partial charge on any atom is -0.394 e. The summed E-state index contributed by atoms with van der Waals surface area (Å²) in [5.41, 5.74) is 1.79. The molecule has 0 saturated carbocycles. The normalized spacial score (nSPS) is 12.4. The summed E-state index contributed by atoms with van der Waals surface area (Å²) in [5, 5.41) is 26.4. The maximum atomic E-state index is 9.28. The molecular weight excluding hydrogens is 310 g/mol. The molecule has 1 aromatic carbocycles. The molecule has 1 atom stereocenters. The molecule has 126 valence electrons. The Labute approximate surface area is 138 Å². The van der Waals surface area contributed by atoms with Gasteiger partial charge in [0.25, 0.3) is 0 Å². The first-order chi connectivity index (χ1) is 11.8. The number of anilines is 1. The predicted octanol–water partition coefficient (Wildman–Crippen LogP) is 0.766. The lowest BCUT2D eigenvalue weighted by Crippen LogP contribution is -2.20. The lowest BCUT2D eigenvalue weighted by atomic mass is 10.2. The molecule has 0 aliphatic rings. The molecule has 8 nitrogen and oxygen atoms in total. The number of aromatic nitrogens is 4. The smallest absolute Gasteiger partial charge is 0.165 e. The van der Waals surface area contributed by atoms with Crippen molar-refractivity contribution >= 4 is 16.9 Å². The van der Waals surface area contributed by atoms with Crippen LogP contribution in [-0.4, -0.2) is 49.3 Å². The molecule has 8 heteroatoms. The van der Waals surface area contributed by atoms with Gasteiger partial charge in [-0.2, -0.15) is 5.10 Å². The van der Waals surface area contributed by atoms with Crippen molar-refractivity contribution in [3.05, 3.63) is 48.4 Å². The molecule has 0 bridgehead atoms. The van der Waals surface area contributed by atoms with E-state index in [0.29, 0.717) is 18.0 Å². The van der Waals surface area contributed by atoms with E-state index in [1.165, 1.54) is 6.33 Å². The van der Waals surface area contributed by atoms with Crippen LogP contribution in [0.25, 0.3) is 11.0 Å². The molecule has 3 N–H and O–H groups in total. The van der Waals surface area contributed by atoms with Crippen LogP contribution in [0.3, 0.4) is 0 Å². The Bertz CT molecular complexity index is 778. The van der Waals surface area contributed by atoms with Gasteiger partial charge in [-0.3, -0.25) is 0 Å². The highest BCUT2D eigenvalue weighted by Crippen LogP contribution is 2.19. The van der Waals surface area contributed by atoms with Gasteiger partial charge in [-0.1, -0.05) is 30.3 Å². The van der Waals surface area contributed by atoms with E-state index in [4.69, 9.17) is 9.84 Å². The van der Waals surface area contributed by atoms with Crippen molar-refractivity contribution in [2.45, 2.75) is 19.4 Å². The second-order valence-corrected chi connectivity index (χ2v) is 5.28. The van der Waals surface area contributed by atoms with Crippen LogP contribution in [0.5, 0.6) is 0 Å². The zero-order chi connectivity index (χ0) is 16.8. The van der Waals surface area contributed by atoms with Crippen LogP contribution in [0.1, 0.15) is 5.56 Å². The van der Waals surface area contributed by atoms with Crippen LogP contribution in [0, 0.1) is 0 Å². The van der Waals surface area contributed by atoms with E-state index in [0.717, 1.165) is 10.9 Å². The number of hydrogen-bond donors (Lipinski definition) is 3. The van der Waals surface area contributed by atoms with E-state index >= 15 is 0 Å². The average Bonchev–Trinajstić information content (AvgIpc) is 3.04. The largest absolute Gasteiger partial charge is 0.394 e. The maximum absolute atomic E-state index is 9.28. The fourth-order valence-corrected chi connectivity index (χ4v) is 2.24. The first-order valence-corrected chi connectivity index (χ1v) is 7.59. The third-order valence-corrected chi connectivity index (χ3v) is 3.47. The Morgan fingerprint density at radius 3 is 2.83 bits per heavy atom. The molecule has 2 aromatic heterocycles. The zero-order valence-electron chi connectivity index (χ0n) is 13.0. The highest BCUT2D eigenvalue weighted by Gasteiger charge is 2.10. The van der Waals surface area contributed by atoms with Crippen LogP contribution in [-0.2, 0) is 18.0 Å². The number of hydrogen-bond acceptors (Lipinski definition) is 7. The van der Waals surface area contributed by atoms with Gasteiger partial charge in [-0.15, -0.1) is 0 Å². The number of aliphatic hydroxyl groups is 2. The number of aliphatic hydroxyl groups excluding tert-OH is 2. The second kappa shape index (κ2) is 7.82. The fourth-order valence-electron chi connectivity index (χ4n) is 2.24. The molecule has 0 saturated heterocycles. The topological polar surface area (TPSA) is 105 Å². The molecule has 24 heavy (non-hydrogen) atoms. The van der Waals surface area contributed by atoms with Gasteiger partial charge < -0.3 is 20.3 Å². The summed E-state index contributed by atoms with van der Waals surface area (Å²) in [6.45, 7) is 0.477. The molecule has 0 amide bonds. The van der Waals surface area contributed by atoms with Crippen molar-refractivity contribution in [1.29, 1.82) is 0 Å². The van der Waals surface area contributed by atoms with Crippen molar-refractivity contribution in [2.75, 3.05) is 18.5 Å². The summed E-state index contributed by atoms with van der Waals surface area (Å²) in [6.07, 6.45) is 2.25. The Morgan fingerprint density at radius 1 is 1.21 bits per heavy atom. The number of rotatable bonds is 8. The number of fused-ring (bicyclic) bond motifs is 1. The van der Waals surface area contributed by atoms with Crippen molar-refractivity contribution < 1.29 is 14.9 Å². The summed E-state index contributed by atoms with van der Waals surface area (Å²) in [5.74, 6) is 0.700. The Kier molecular flexibility index (Phi) is 5.32. The van der Waals surface area contributed by atoms with Gasteiger partial charge in [0, 0.05) is 6.54 Å². The summed E-state index contributed by atoms with van der Waals surface area (Å²) >= 11 is 0. The number of nitrogens with zero attached hydrogens (tertiary/aromatic N) is 4. The SMILES string of the molecule is OCC(O)COCn1ncc2c(NCc3ccccc3)ncnc21. The van der Waals surface area contributed by atoms with E-state index in [-0.39, 0.29) is 19.9 Å². The molecule has 3 rings (SSSR count). The van der Waals surface area contributed by atoms with Crippen molar-refractivity contribution in [1.82, 2.24) is 19.7 Å². The summed E-state index contributed by atoms with van der Waals surface area (Å²) in [4.78, 5) is 8.50. The number of benzene rings is 1. The van der Waals surface area contributed by atoms with Gasteiger partial charge in [0.15, 0.2) is 5.65 Å². The third kappa shape index (κ3) is 3.85. The standard InChI is InChI=1S/C16H19N5O3/c22-8-13(23)9-24-11-21-16-14(7-20-21)15(18-10-19-16)17-6-12-4-2-1-3-5-12/h1-5,7,10,13,22-23H,6,8-9,11H2,(H,17,18,19). The van der Waals surface area contributed by atoms with Gasteiger partial charge in [-0.05, 0) is 5.56 Å². The molecule has 0 radical (unpaired) electrons. The monoisotopic (exact) mass is 329 g/mol. The first-order valence-electron chi connectivity index (χ1n) is 7.59. The van der Waals surface area contributed by atoms with Crippen molar-refractivity contribution in [2.24, 2.45) is 0 Å². The molecule has 0 aliphatic heterocycles. The van der Waals surface area contributed by atoms with E-state index in [2.05, 4.69) is 20.4 Å². The van der Waals surface area contributed by atoms with Gasteiger partial charge in [0.05, 0.1) is 24.8 Å². The summed E-state index contributed by atoms with van der Waals surface area (Å²) in [6, 6.07) is 10.0. The van der Waals surface area contributed by atoms with Crippen LogP contribution >= 0.6 is 0 Å².